The van der Waals surface area contributed by atoms with E-state index >= 15 is 0 Å². The van der Waals surface area contributed by atoms with Crippen LogP contribution in [0.1, 0.15) is 16.9 Å². The molecule has 1 atom stereocenters. The smallest absolute Gasteiger partial charge is 0.0438 e. The van der Waals surface area contributed by atoms with Crippen molar-refractivity contribution in [3.8, 4) is 0 Å². The summed E-state index contributed by atoms with van der Waals surface area (Å²) in [5.41, 5.74) is 7.28. The molecule has 0 aliphatic heterocycles. The fourth-order valence-electron chi connectivity index (χ4n) is 1.83. The van der Waals surface area contributed by atoms with Gasteiger partial charge in [0.25, 0.3) is 0 Å². The molecule has 2 N–H and O–H groups in total. The first-order valence-corrected chi connectivity index (χ1v) is 7.03. The first kappa shape index (κ1) is 12.6. The summed E-state index contributed by atoms with van der Waals surface area (Å²) in [6.45, 7) is 0. The lowest BCUT2D eigenvalue weighted by Gasteiger charge is -2.12. The van der Waals surface area contributed by atoms with Crippen molar-refractivity contribution in [2.75, 3.05) is 0 Å². The molecule has 2 aromatic rings. The Labute approximate surface area is 111 Å². The molecule has 0 saturated heterocycles. The second-order valence-electron chi connectivity index (χ2n) is 4.17. The van der Waals surface area contributed by atoms with Gasteiger partial charge in [-0.15, -0.1) is 11.3 Å². The molecule has 17 heavy (non-hydrogen) atoms. The molecule has 0 spiro atoms. The average Bonchev–Trinajstić information content (AvgIpc) is 2.82. The molecule has 1 aromatic carbocycles. The first-order valence-electron chi connectivity index (χ1n) is 5.77. The number of thiophene rings is 1. The topological polar surface area (TPSA) is 26.0 Å². The molecule has 0 bridgehead atoms. The van der Waals surface area contributed by atoms with Crippen LogP contribution in [-0.4, -0.2) is 6.04 Å². The molecule has 1 nitrogen and oxygen atoms in total. The Hall–Kier alpha value is -0.830. The number of aryl methyl sites for hydroxylation is 1. The van der Waals surface area contributed by atoms with E-state index in [1.807, 2.05) is 24.3 Å². The number of rotatable bonds is 5. The van der Waals surface area contributed by atoms with Crippen LogP contribution in [0.25, 0.3) is 0 Å². The van der Waals surface area contributed by atoms with Gasteiger partial charge in [-0.25, -0.2) is 0 Å². The van der Waals surface area contributed by atoms with Gasteiger partial charge in [0.1, 0.15) is 0 Å². The Morgan fingerprint density at radius 3 is 2.71 bits per heavy atom. The van der Waals surface area contributed by atoms with E-state index in [-0.39, 0.29) is 6.04 Å². The maximum absolute atomic E-state index is 6.14. The molecule has 1 unspecified atom stereocenters. The molecule has 1 aromatic heterocycles. The summed E-state index contributed by atoms with van der Waals surface area (Å²) in [6, 6.07) is 12.3. The highest BCUT2D eigenvalue weighted by atomic mass is 35.5. The summed E-state index contributed by atoms with van der Waals surface area (Å²) in [5, 5.41) is 2.92. The SMILES string of the molecule is NC(CCc1cccs1)Cc1ccccc1Cl. The fourth-order valence-corrected chi connectivity index (χ4v) is 2.77. The van der Waals surface area contributed by atoms with Gasteiger partial charge in [-0.2, -0.15) is 0 Å². The van der Waals surface area contributed by atoms with E-state index in [0.717, 1.165) is 29.8 Å². The van der Waals surface area contributed by atoms with Crippen LogP contribution in [-0.2, 0) is 12.8 Å². The van der Waals surface area contributed by atoms with Gasteiger partial charge in [0.05, 0.1) is 0 Å². The summed E-state index contributed by atoms with van der Waals surface area (Å²) in [7, 11) is 0. The van der Waals surface area contributed by atoms with Crippen molar-refractivity contribution in [3.05, 3.63) is 57.2 Å². The van der Waals surface area contributed by atoms with Crippen LogP contribution in [0.5, 0.6) is 0 Å². The summed E-state index contributed by atoms with van der Waals surface area (Å²) >= 11 is 7.91. The summed E-state index contributed by atoms with van der Waals surface area (Å²) in [6.07, 6.45) is 2.92. The van der Waals surface area contributed by atoms with E-state index < -0.39 is 0 Å². The van der Waals surface area contributed by atoms with Crippen molar-refractivity contribution in [1.82, 2.24) is 0 Å². The summed E-state index contributed by atoms with van der Waals surface area (Å²) in [4.78, 5) is 1.40. The number of halogens is 1. The maximum atomic E-state index is 6.14. The van der Waals surface area contributed by atoms with E-state index in [2.05, 4.69) is 17.5 Å². The van der Waals surface area contributed by atoms with E-state index in [9.17, 15) is 0 Å². The second kappa shape index (κ2) is 6.20. The van der Waals surface area contributed by atoms with Gasteiger partial charge in [0.2, 0.25) is 0 Å². The van der Waals surface area contributed by atoms with Gasteiger partial charge in [0.15, 0.2) is 0 Å². The third-order valence-electron chi connectivity index (χ3n) is 2.78. The number of hydrogen-bond donors (Lipinski definition) is 1. The van der Waals surface area contributed by atoms with Crippen molar-refractivity contribution in [1.29, 1.82) is 0 Å². The zero-order valence-corrected chi connectivity index (χ0v) is 11.2. The van der Waals surface area contributed by atoms with E-state index in [0.29, 0.717) is 0 Å². The standard InChI is InChI=1S/C14H16ClNS/c15-14-6-2-1-4-11(14)10-12(16)7-8-13-5-3-9-17-13/h1-6,9,12H,7-8,10,16H2. The molecule has 3 heteroatoms. The van der Waals surface area contributed by atoms with Crippen molar-refractivity contribution < 1.29 is 0 Å². The molecule has 0 saturated carbocycles. The van der Waals surface area contributed by atoms with Gasteiger partial charge in [-0.3, -0.25) is 0 Å². The van der Waals surface area contributed by atoms with Gasteiger partial charge in [0, 0.05) is 15.9 Å². The molecule has 0 amide bonds. The molecule has 0 aliphatic rings. The van der Waals surface area contributed by atoms with E-state index in [1.165, 1.54) is 4.88 Å². The molecule has 0 fully saturated rings. The zero-order valence-electron chi connectivity index (χ0n) is 9.60. The minimum Gasteiger partial charge on any atom is -0.327 e. The number of nitrogens with two attached hydrogens (primary N) is 1. The Morgan fingerprint density at radius 1 is 1.18 bits per heavy atom. The highest BCUT2D eigenvalue weighted by Crippen LogP contribution is 2.18. The second-order valence-corrected chi connectivity index (χ2v) is 5.61. The van der Waals surface area contributed by atoms with Crippen molar-refractivity contribution >= 4 is 22.9 Å². The molecule has 0 aliphatic carbocycles. The normalized spacial score (nSPS) is 12.6. The third-order valence-corrected chi connectivity index (χ3v) is 4.09. The molecular formula is C14H16ClNS. The van der Waals surface area contributed by atoms with E-state index in [1.54, 1.807) is 11.3 Å². The fraction of sp³-hybridized carbons (Fsp3) is 0.286. The molecule has 0 radical (unpaired) electrons. The number of benzene rings is 1. The lowest BCUT2D eigenvalue weighted by Crippen LogP contribution is -2.23. The zero-order chi connectivity index (χ0) is 12.1. The maximum Gasteiger partial charge on any atom is 0.0438 e. The van der Waals surface area contributed by atoms with Crippen LogP contribution in [0.15, 0.2) is 41.8 Å². The molecule has 1 heterocycles. The minimum atomic E-state index is 0.178. The predicted molar refractivity (Wildman–Crippen MR) is 75.8 cm³/mol. The lowest BCUT2D eigenvalue weighted by atomic mass is 10.0. The molecule has 2 rings (SSSR count). The summed E-state index contributed by atoms with van der Waals surface area (Å²) in [5.74, 6) is 0. The highest BCUT2D eigenvalue weighted by Gasteiger charge is 2.07. The quantitative estimate of drug-likeness (QED) is 0.872. The number of hydrogen-bond acceptors (Lipinski definition) is 2. The largest absolute Gasteiger partial charge is 0.327 e. The van der Waals surface area contributed by atoms with Crippen LogP contribution < -0.4 is 5.73 Å². The summed E-state index contributed by atoms with van der Waals surface area (Å²) < 4.78 is 0. The monoisotopic (exact) mass is 265 g/mol. The molecule has 90 valence electrons. The Bertz CT molecular complexity index is 453. The third kappa shape index (κ3) is 3.84. The van der Waals surface area contributed by atoms with Gasteiger partial charge in [-0.05, 0) is 42.3 Å². The lowest BCUT2D eigenvalue weighted by molar-refractivity contribution is 0.613. The van der Waals surface area contributed by atoms with Crippen LogP contribution in [0, 0.1) is 0 Å². The molecular weight excluding hydrogens is 250 g/mol. The van der Waals surface area contributed by atoms with E-state index in [4.69, 9.17) is 17.3 Å². The van der Waals surface area contributed by atoms with Gasteiger partial charge >= 0.3 is 0 Å². The Balaban J connectivity index is 1.85. The van der Waals surface area contributed by atoms with Crippen LogP contribution >= 0.6 is 22.9 Å². The van der Waals surface area contributed by atoms with Crippen molar-refractivity contribution in [2.24, 2.45) is 5.73 Å². The van der Waals surface area contributed by atoms with Crippen LogP contribution in [0.3, 0.4) is 0 Å². The van der Waals surface area contributed by atoms with Gasteiger partial charge in [-0.1, -0.05) is 35.9 Å². The minimum absolute atomic E-state index is 0.178. The Morgan fingerprint density at radius 2 is 2.00 bits per heavy atom. The Kier molecular flexibility index (Phi) is 4.60. The average molecular weight is 266 g/mol. The van der Waals surface area contributed by atoms with Crippen LogP contribution in [0.4, 0.5) is 0 Å². The van der Waals surface area contributed by atoms with Gasteiger partial charge < -0.3 is 5.73 Å². The predicted octanol–water partition coefficient (Wildman–Crippen LogP) is 3.90. The van der Waals surface area contributed by atoms with Crippen LogP contribution in [0.2, 0.25) is 5.02 Å². The first-order chi connectivity index (χ1) is 8.25. The van der Waals surface area contributed by atoms with Crippen molar-refractivity contribution in [3.63, 3.8) is 0 Å². The van der Waals surface area contributed by atoms with Crippen molar-refractivity contribution in [2.45, 2.75) is 25.3 Å². The highest BCUT2D eigenvalue weighted by molar-refractivity contribution is 7.09.